The number of alkyl halides is 3. The maximum atomic E-state index is 13.7. The van der Waals surface area contributed by atoms with Gasteiger partial charge in [0.15, 0.2) is 5.65 Å². The number of rotatable bonds is 5. The van der Waals surface area contributed by atoms with Crippen LogP contribution in [-0.2, 0) is 24.6 Å². The van der Waals surface area contributed by atoms with Crippen molar-refractivity contribution in [2.24, 2.45) is 7.05 Å². The number of hydrogen-bond acceptors (Lipinski definition) is 4. The lowest BCUT2D eigenvalue weighted by molar-refractivity contribution is -0.136. The third-order valence-electron chi connectivity index (χ3n) is 5.39. The third-order valence-corrected chi connectivity index (χ3v) is 5.39. The van der Waals surface area contributed by atoms with Crippen LogP contribution in [0.2, 0.25) is 0 Å². The monoisotopic (exact) mass is 420 g/mol. The summed E-state index contributed by atoms with van der Waals surface area (Å²) in [5.74, 6) is -0.316. The fourth-order valence-corrected chi connectivity index (χ4v) is 3.84. The summed E-state index contributed by atoms with van der Waals surface area (Å²) in [6.07, 6.45) is -1.04. The highest BCUT2D eigenvalue weighted by Crippen LogP contribution is 2.43. The molecule has 3 aromatic heterocycles. The molecule has 0 aromatic carbocycles. The fraction of sp³-hybridized carbons (Fsp3) is 0.500. The van der Waals surface area contributed by atoms with Gasteiger partial charge in [0.2, 0.25) is 5.91 Å². The highest BCUT2D eigenvalue weighted by atomic mass is 19.4. The number of nitrogens with one attached hydrogen (secondary N) is 1. The molecule has 160 valence electrons. The topological polar surface area (TPSA) is 77.6 Å². The first kappa shape index (κ1) is 20.4. The number of fused-ring (bicyclic) bond motifs is 1. The van der Waals surface area contributed by atoms with Gasteiger partial charge in [-0.05, 0) is 39.7 Å². The van der Waals surface area contributed by atoms with Gasteiger partial charge in [-0.15, -0.1) is 0 Å². The van der Waals surface area contributed by atoms with Gasteiger partial charge in [0, 0.05) is 30.4 Å². The van der Waals surface area contributed by atoms with E-state index in [1.54, 1.807) is 11.7 Å². The van der Waals surface area contributed by atoms with Crippen molar-refractivity contribution in [2.45, 2.75) is 58.3 Å². The second-order valence-corrected chi connectivity index (χ2v) is 7.94. The van der Waals surface area contributed by atoms with E-state index in [2.05, 4.69) is 20.5 Å². The Morgan fingerprint density at radius 2 is 1.97 bits per heavy atom. The molecule has 0 aliphatic heterocycles. The molecule has 1 N–H and O–H groups in total. The van der Waals surface area contributed by atoms with Crippen LogP contribution in [0.25, 0.3) is 11.0 Å². The summed E-state index contributed by atoms with van der Waals surface area (Å²) in [6, 6.07) is 0.835. The molecule has 0 saturated heterocycles. The number of aryl methyl sites for hydroxylation is 3. The third kappa shape index (κ3) is 3.78. The van der Waals surface area contributed by atoms with Crippen LogP contribution in [-0.4, -0.2) is 30.5 Å². The van der Waals surface area contributed by atoms with Crippen LogP contribution < -0.4 is 5.32 Å². The van der Waals surface area contributed by atoms with Gasteiger partial charge in [-0.1, -0.05) is 0 Å². The molecule has 1 fully saturated rings. The smallest absolute Gasteiger partial charge is 0.348 e. The van der Waals surface area contributed by atoms with Crippen LogP contribution in [0.5, 0.6) is 0 Å². The SMILES string of the molecule is Cc1nn(C)cc1[C@@H](C)NC(=O)Cn1nc(C)c2c(C(F)(F)F)cc(C3CC3)nc21. The number of pyridine rings is 1. The molecule has 10 heteroatoms. The van der Waals surface area contributed by atoms with E-state index in [9.17, 15) is 18.0 Å². The van der Waals surface area contributed by atoms with E-state index in [0.717, 1.165) is 30.2 Å². The van der Waals surface area contributed by atoms with Gasteiger partial charge in [-0.2, -0.15) is 23.4 Å². The zero-order valence-corrected chi connectivity index (χ0v) is 17.2. The van der Waals surface area contributed by atoms with Gasteiger partial charge in [0.1, 0.15) is 6.54 Å². The summed E-state index contributed by atoms with van der Waals surface area (Å²) in [5, 5.41) is 11.3. The highest BCUT2D eigenvalue weighted by Gasteiger charge is 2.37. The summed E-state index contributed by atoms with van der Waals surface area (Å²) in [6.45, 7) is 4.97. The average Bonchev–Trinajstić information content (AvgIpc) is 3.37. The predicted octanol–water partition coefficient (Wildman–Crippen LogP) is 3.56. The Balaban J connectivity index is 1.65. The van der Waals surface area contributed by atoms with Gasteiger partial charge < -0.3 is 5.32 Å². The van der Waals surface area contributed by atoms with Gasteiger partial charge in [-0.25, -0.2) is 9.67 Å². The first-order valence-electron chi connectivity index (χ1n) is 9.79. The Morgan fingerprint density at radius 3 is 2.53 bits per heavy atom. The Hall–Kier alpha value is -2.91. The molecule has 1 aliphatic carbocycles. The molecule has 1 saturated carbocycles. The number of nitrogens with zero attached hydrogens (tertiary/aromatic N) is 5. The Morgan fingerprint density at radius 1 is 1.27 bits per heavy atom. The van der Waals surface area contributed by atoms with Crippen molar-refractivity contribution in [3.8, 4) is 0 Å². The number of amides is 1. The fourth-order valence-electron chi connectivity index (χ4n) is 3.84. The summed E-state index contributed by atoms with van der Waals surface area (Å²) in [7, 11) is 1.80. The molecule has 0 spiro atoms. The molecule has 0 unspecified atom stereocenters. The van der Waals surface area contributed by atoms with Gasteiger partial charge in [-0.3, -0.25) is 9.48 Å². The molecule has 1 aliphatic rings. The predicted molar refractivity (Wildman–Crippen MR) is 104 cm³/mol. The number of carbonyl (C=O) groups is 1. The molecule has 0 bridgehead atoms. The summed E-state index contributed by atoms with van der Waals surface area (Å²) < 4.78 is 44.0. The number of halogens is 3. The van der Waals surface area contributed by atoms with Crippen molar-refractivity contribution in [2.75, 3.05) is 0 Å². The molecule has 30 heavy (non-hydrogen) atoms. The first-order chi connectivity index (χ1) is 14.0. The minimum atomic E-state index is -4.52. The van der Waals surface area contributed by atoms with Crippen molar-refractivity contribution in [3.63, 3.8) is 0 Å². The second kappa shape index (κ2) is 7.10. The van der Waals surface area contributed by atoms with Crippen LogP contribution >= 0.6 is 0 Å². The summed E-state index contributed by atoms with van der Waals surface area (Å²) in [5.41, 5.74) is 1.66. The molecule has 3 aromatic rings. The van der Waals surface area contributed by atoms with Crippen molar-refractivity contribution < 1.29 is 18.0 Å². The van der Waals surface area contributed by atoms with E-state index in [1.807, 2.05) is 20.0 Å². The van der Waals surface area contributed by atoms with Crippen LogP contribution in [0.4, 0.5) is 13.2 Å². The number of carbonyl (C=O) groups excluding carboxylic acids is 1. The normalized spacial score (nSPS) is 15.6. The second-order valence-electron chi connectivity index (χ2n) is 7.94. The molecule has 4 rings (SSSR count). The minimum absolute atomic E-state index is 0.0431. The standard InChI is InChI=1S/C20H23F3N6O/c1-10(14-8-28(4)26-11(14)2)24-17(30)9-29-19-18(12(3)27-29)15(20(21,22)23)7-16(25-19)13-5-6-13/h7-8,10,13H,5-6,9H2,1-4H3,(H,24,30)/t10-/m1/s1. The first-order valence-corrected chi connectivity index (χ1v) is 9.79. The summed E-state index contributed by atoms with van der Waals surface area (Å²) >= 11 is 0. The molecule has 0 radical (unpaired) electrons. The molecule has 7 nitrogen and oxygen atoms in total. The maximum Gasteiger partial charge on any atom is 0.417 e. The van der Waals surface area contributed by atoms with E-state index >= 15 is 0 Å². The van der Waals surface area contributed by atoms with Crippen LogP contribution in [0.15, 0.2) is 12.3 Å². The van der Waals surface area contributed by atoms with Crippen LogP contribution in [0.3, 0.4) is 0 Å². The van der Waals surface area contributed by atoms with Gasteiger partial charge in [0.25, 0.3) is 0 Å². The molecule has 1 amide bonds. The zero-order chi connectivity index (χ0) is 21.8. The van der Waals surface area contributed by atoms with E-state index in [-0.39, 0.29) is 41.1 Å². The van der Waals surface area contributed by atoms with Crippen LogP contribution in [0, 0.1) is 13.8 Å². The van der Waals surface area contributed by atoms with Crippen LogP contribution in [0.1, 0.15) is 59.9 Å². The lowest BCUT2D eigenvalue weighted by Crippen LogP contribution is -2.30. The lowest BCUT2D eigenvalue weighted by Gasteiger charge is -2.14. The number of aromatic nitrogens is 5. The number of hydrogen-bond donors (Lipinski definition) is 1. The molecule has 1 atom stereocenters. The molecular formula is C20H23F3N6O. The van der Waals surface area contributed by atoms with E-state index < -0.39 is 11.7 Å². The van der Waals surface area contributed by atoms with E-state index in [0.29, 0.717) is 5.69 Å². The Bertz CT molecular complexity index is 1130. The lowest BCUT2D eigenvalue weighted by atomic mass is 10.1. The molecular weight excluding hydrogens is 397 g/mol. The maximum absolute atomic E-state index is 13.7. The quantitative estimate of drug-likeness (QED) is 0.685. The minimum Gasteiger partial charge on any atom is -0.348 e. The largest absolute Gasteiger partial charge is 0.417 e. The van der Waals surface area contributed by atoms with Gasteiger partial charge in [0.05, 0.1) is 28.4 Å². The zero-order valence-electron chi connectivity index (χ0n) is 17.2. The van der Waals surface area contributed by atoms with Crippen molar-refractivity contribution in [3.05, 3.63) is 40.5 Å². The van der Waals surface area contributed by atoms with Crippen molar-refractivity contribution >= 4 is 16.9 Å². The molecule has 3 heterocycles. The van der Waals surface area contributed by atoms with E-state index in [4.69, 9.17) is 0 Å². The van der Waals surface area contributed by atoms with Gasteiger partial charge >= 0.3 is 6.18 Å². The summed E-state index contributed by atoms with van der Waals surface area (Å²) in [4.78, 5) is 17.1. The average molecular weight is 420 g/mol. The highest BCUT2D eigenvalue weighted by molar-refractivity contribution is 5.85. The van der Waals surface area contributed by atoms with Crippen molar-refractivity contribution in [1.29, 1.82) is 0 Å². The van der Waals surface area contributed by atoms with E-state index in [1.165, 1.54) is 11.6 Å². The Labute approximate surface area is 171 Å². The Kier molecular flexibility index (Phi) is 4.82. The van der Waals surface area contributed by atoms with Crippen molar-refractivity contribution in [1.82, 2.24) is 29.9 Å².